The van der Waals surface area contributed by atoms with Crippen LogP contribution in [0.2, 0.25) is 0 Å². The van der Waals surface area contributed by atoms with Gasteiger partial charge in [-0.3, -0.25) is 0 Å². The molecule has 0 aliphatic heterocycles. The molecule has 32 heavy (non-hydrogen) atoms. The Labute approximate surface area is 186 Å². The Bertz CT molecular complexity index is 1110. The third-order valence-corrected chi connectivity index (χ3v) is 4.83. The quantitative estimate of drug-likeness (QED) is 0.331. The SMILES string of the molecule is COC(=O)[C@H](Cc1c[nH]c2ccc(O)c(Nc3ccc(C)cc3)c12)NC(=O)OC(C)(C)C. The van der Waals surface area contributed by atoms with Crippen LogP contribution in [0.1, 0.15) is 31.9 Å². The number of phenols is 1. The molecule has 1 amide bonds. The lowest BCUT2D eigenvalue weighted by Gasteiger charge is -2.22. The molecule has 1 aromatic heterocycles. The number of carbonyl (C=O) groups is 2. The van der Waals surface area contributed by atoms with Crippen LogP contribution in [0.4, 0.5) is 16.2 Å². The number of H-pyrrole nitrogens is 1. The summed E-state index contributed by atoms with van der Waals surface area (Å²) < 4.78 is 10.2. The Kier molecular flexibility index (Phi) is 6.62. The zero-order chi connectivity index (χ0) is 23.5. The zero-order valence-electron chi connectivity index (χ0n) is 18.9. The zero-order valence-corrected chi connectivity index (χ0v) is 18.9. The van der Waals surface area contributed by atoms with Gasteiger partial charge in [0.2, 0.25) is 0 Å². The highest BCUT2D eigenvalue weighted by Gasteiger charge is 2.27. The third kappa shape index (κ3) is 5.51. The van der Waals surface area contributed by atoms with Crippen LogP contribution in [0.5, 0.6) is 5.75 Å². The van der Waals surface area contributed by atoms with Crippen molar-refractivity contribution in [3.8, 4) is 5.75 Å². The van der Waals surface area contributed by atoms with E-state index in [-0.39, 0.29) is 12.2 Å². The van der Waals surface area contributed by atoms with Crippen LogP contribution in [0.15, 0.2) is 42.6 Å². The molecule has 8 nitrogen and oxygen atoms in total. The minimum Gasteiger partial charge on any atom is -0.506 e. The molecule has 170 valence electrons. The van der Waals surface area contributed by atoms with Crippen molar-refractivity contribution in [2.45, 2.75) is 45.8 Å². The molecule has 1 atom stereocenters. The number of ether oxygens (including phenoxy) is 2. The average molecular weight is 440 g/mol. The Morgan fingerprint density at radius 3 is 2.44 bits per heavy atom. The van der Waals surface area contributed by atoms with Gasteiger partial charge in [-0.05, 0) is 57.5 Å². The molecule has 1 heterocycles. The summed E-state index contributed by atoms with van der Waals surface area (Å²) in [6, 6.07) is 10.1. The first kappa shape index (κ1) is 23.0. The third-order valence-electron chi connectivity index (χ3n) is 4.83. The number of carbonyl (C=O) groups excluding carboxylic acids is 2. The molecule has 0 radical (unpaired) electrons. The van der Waals surface area contributed by atoms with E-state index in [2.05, 4.69) is 15.6 Å². The van der Waals surface area contributed by atoms with Crippen LogP contribution in [-0.4, -0.2) is 40.9 Å². The molecule has 0 unspecified atom stereocenters. The van der Waals surface area contributed by atoms with Crippen molar-refractivity contribution in [1.82, 2.24) is 10.3 Å². The Morgan fingerprint density at radius 2 is 1.81 bits per heavy atom. The smallest absolute Gasteiger partial charge is 0.408 e. The molecule has 0 spiro atoms. The van der Waals surface area contributed by atoms with Crippen LogP contribution in [0, 0.1) is 6.92 Å². The minimum atomic E-state index is -0.969. The number of methoxy groups -OCH3 is 1. The number of hydrogen-bond acceptors (Lipinski definition) is 6. The van der Waals surface area contributed by atoms with Gasteiger partial charge in [0.25, 0.3) is 0 Å². The fourth-order valence-corrected chi connectivity index (χ4v) is 3.36. The van der Waals surface area contributed by atoms with Gasteiger partial charge in [0.05, 0.1) is 12.8 Å². The second-order valence-electron chi connectivity index (χ2n) is 8.61. The van der Waals surface area contributed by atoms with E-state index in [1.807, 2.05) is 31.2 Å². The summed E-state index contributed by atoms with van der Waals surface area (Å²) in [4.78, 5) is 27.8. The largest absolute Gasteiger partial charge is 0.506 e. The van der Waals surface area contributed by atoms with E-state index in [4.69, 9.17) is 9.47 Å². The van der Waals surface area contributed by atoms with Gasteiger partial charge in [-0.15, -0.1) is 0 Å². The first-order chi connectivity index (χ1) is 15.1. The fourth-order valence-electron chi connectivity index (χ4n) is 3.36. The topological polar surface area (TPSA) is 113 Å². The number of alkyl carbamates (subject to hydrolysis) is 1. The number of benzene rings is 2. The van der Waals surface area contributed by atoms with Crippen molar-refractivity contribution < 1.29 is 24.2 Å². The molecule has 8 heteroatoms. The first-order valence-electron chi connectivity index (χ1n) is 10.3. The van der Waals surface area contributed by atoms with Gasteiger partial charge in [-0.25, -0.2) is 9.59 Å². The van der Waals surface area contributed by atoms with Gasteiger partial charge in [0.15, 0.2) is 0 Å². The molecule has 4 N–H and O–H groups in total. The molecule has 0 saturated carbocycles. The van der Waals surface area contributed by atoms with Gasteiger partial charge in [0.1, 0.15) is 17.4 Å². The number of anilines is 2. The van der Waals surface area contributed by atoms with Crippen molar-refractivity contribution in [2.75, 3.05) is 12.4 Å². The molecule has 0 bridgehead atoms. The molecule has 0 aliphatic rings. The van der Waals surface area contributed by atoms with E-state index in [0.29, 0.717) is 11.1 Å². The molecule has 2 aromatic carbocycles. The van der Waals surface area contributed by atoms with Crippen LogP contribution < -0.4 is 10.6 Å². The highest BCUT2D eigenvalue weighted by atomic mass is 16.6. The molecular weight excluding hydrogens is 410 g/mol. The van der Waals surface area contributed by atoms with Crippen LogP contribution in [-0.2, 0) is 20.7 Å². The number of aromatic nitrogens is 1. The lowest BCUT2D eigenvalue weighted by molar-refractivity contribution is -0.143. The summed E-state index contributed by atoms with van der Waals surface area (Å²) in [5.41, 5.74) is 3.22. The van der Waals surface area contributed by atoms with E-state index < -0.39 is 23.7 Å². The number of aryl methyl sites for hydroxylation is 1. The number of hydrogen-bond donors (Lipinski definition) is 4. The van der Waals surface area contributed by atoms with Gasteiger partial charge >= 0.3 is 12.1 Å². The van der Waals surface area contributed by atoms with E-state index in [1.165, 1.54) is 7.11 Å². The summed E-state index contributed by atoms with van der Waals surface area (Å²) in [5, 5.41) is 17.1. The number of nitrogens with one attached hydrogen (secondary N) is 3. The second kappa shape index (κ2) is 9.21. The first-order valence-corrected chi connectivity index (χ1v) is 10.3. The monoisotopic (exact) mass is 439 g/mol. The van der Waals surface area contributed by atoms with E-state index >= 15 is 0 Å². The Hall–Kier alpha value is -3.68. The highest BCUT2D eigenvalue weighted by molar-refractivity contribution is 6.00. The average Bonchev–Trinajstić information content (AvgIpc) is 3.12. The summed E-state index contributed by atoms with van der Waals surface area (Å²) in [6.45, 7) is 7.22. The molecule has 0 fully saturated rings. The number of phenolic OH excluding ortho intramolecular Hbond substituents is 1. The van der Waals surface area contributed by atoms with Gasteiger partial charge in [-0.2, -0.15) is 0 Å². The lowest BCUT2D eigenvalue weighted by atomic mass is 10.0. The predicted octanol–water partition coefficient (Wildman–Crippen LogP) is 4.53. The van der Waals surface area contributed by atoms with Crippen molar-refractivity contribution in [2.24, 2.45) is 0 Å². The highest BCUT2D eigenvalue weighted by Crippen LogP contribution is 2.37. The normalized spacial score (nSPS) is 12.3. The maximum Gasteiger partial charge on any atom is 0.408 e. The number of amides is 1. The van der Waals surface area contributed by atoms with E-state index in [9.17, 15) is 14.7 Å². The summed E-state index contributed by atoms with van der Waals surface area (Å²) in [5.74, 6) is -0.535. The number of aromatic amines is 1. The maximum atomic E-state index is 12.4. The fraction of sp³-hybridized carbons (Fsp3) is 0.333. The van der Waals surface area contributed by atoms with Crippen molar-refractivity contribution in [3.63, 3.8) is 0 Å². The standard InChI is InChI=1S/C24H29N3O5/c1-14-6-8-16(9-7-14)26-21-19(28)11-10-17-20(21)15(13-25-17)12-18(22(29)31-5)27-23(30)32-24(2,3)4/h6-11,13,18,25-26,28H,12H2,1-5H3,(H,27,30)/t18-/m0/s1. The Balaban J connectivity index is 1.94. The summed E-state index contributed by atoms with van der Waals surface area (Å²) in [7, 11) is 1.26. The summed E-state index contributed by atoms with van der Waals surface area (Å²) in [6.07, 6.45) is 1.17. The number of aromatic hydroxyl groups is 1. The predicted molar refractivity (Wildman–Crippen MR) is 123 cm³/mol. The van der Waals surface area contributed by atoms with E-state index in [1.54, 1.807) is 39.1 Å². The van der Waals surface area contributed by atoms with Crippen LogP contribution in [0.3, 0.4) is 0 Å². The van der Waals surface area contributed by atoms with Crippen LogP contribution in [0.25, 0.3) is 10.9 Å². The van der Waals surface area contributed by atoms with Crippen LogP contribution >= 0.6 is 0 Å². The van der Waals surface area contributed by atoms with Gasteiger partial charge in [0, 0.05) is 29.2 Å². The minimum absolute atomic E-state index is 0.0636. The van der Waals surface area contributed by atoms with E-state index in [0.717, 1.165) is 22.3 Å². The molecule has 0 saturated heterocycles. The maximum absolute atomic E-state index is 12.4. The number of rotatable bonds is 6. The molecule has 3 aromatic rings. The number of esters is 1. The molecule has 0 aliphatic carbocycles. The summed E-state index contributed by atoms with van der Waals surface area (Å²) >= 11 is 0. The van der Waals surface area contributed by atoms with Gasteiger partial charge in [-0.1, -0.05) is 17.7 Å². The number of fused-ring (bicyclic) bond motifs is 1. The molecular formula is C24H29N3O5. The second-order valence-corrected chi connectivity index (χ2v) is 8.61. The van der Waals surface area contributed by atoms with Gasteiger partial charge < -0.3 is 30.2 Å². The lowest BCUT2D eigenvalue weighted by Crippen LogP contribution is -2.45. The van der Waals surface area contributed by atoms with Crippen molar-refractivity contribution in [1.29, 1.82) is 0 Å². The Morgan fingerprint density at radius 1 is 1.12 bits per heavy atom. The van der Waals surface area contributed by atoms with Crippen molar-refractivity contribution >= 4 is 34.3 Å². The molecule has 3 rings (SSSR count). The van der Waals surface area contributed by atoms with Crippen molar-refractivity contribution in [3.05, 3.63) is 53.7 Å².